The zero-order chi connectivity index (χ0) is 11.0. The van der Waals surface area contributed by atoms with Crippen molar-refractivity contribution in [1.29, 1.82) is 0 Å². The SMILES string of the molecule is Cc1cc2ccccc2nc1C1=CC=CC1. The van der Waals surface area contributed by atoms with Gasteiger partial charge in [0.1, 0.15) is 0 Å². The summed E-state index contributed by atoms with van der Waals surface area (Å²) in [6.45, 7) is 2.13. The van der Waals surface area contributed by atoms with Gasteiger partial charge in [0, 0.05) is 5.39 Å². The first-order valence-corrected chi connectivity index (χ1v) is 5.57. The summed E-state index contributed by atoms with van der Waals surface area (Å²) in [6.07, 6.45) is 7.44. The van der Waals surface area contributed by atoms with E-state index in [4.69, 9.17) is 4.98 Å². The molecule has 0 spiro atoms. The van der Waals surface area contributed by atoms with E-state index in [0.29, 0.717) is 0 Å². The lowest BCUT2D eigenvalue weighted by Gasteiger charge is -2.07. The molecule has 0 radical (unpaired) electrons. The quantitative estimate of drug-likeness (QED) is 0.691. The summed E-state index contributed by atoms with van der Waals surface area (Å²) in [7, 11) is 0. The largest absolute Gasteiger partial charge is 0.248 e. The molecule has 1 aromatic carbocycles. The Morgan fingerprint density at radius 3 is 2.88 bits per heavy atom. The molecule has 16 heavy (non-hydrogen) atoms. The zero-order valence-corrected chi connectivity index (χ0v) is 9.27. The third-order valence-electron chi connectivity index (χ3n) is 2.99. The summed E-state index contributed by atoms with van der Waals surface area (Å²) < 4.78 is 0. The van der Waals surface area contributed by atoms with E-state index in [1.807, 2.05) is 6.07 Å². The van der Waals surface area contributed by atoms with Crippen LogP contribution < -0.4 is 0 Å². The molecule has 1 heterocycles. The molecular weight excluding hydrogens is 194 g/mol. The number of nitrogens with zero attached hydrogens (tertiary/aromatic N) is 1. The van der Waals surface area contributed by atoms with Crippen LogP contribution in [0.3, 0.4) is 0 Å². The standard InChI is InChI=1S/C15H13N/c1-11-10-13-8-4-5-9-14(13)16-15(11)12-6-2-3-7-12/h2-6,8-10H,7H2,1H3. The molecule has 1 nitrogen and oxygen atoms in total. The highest BCUT2D eigenvalue weighted by atomic mass is 14.7. The summed E-state index contributed by atoms with van der Waals surface area (Å²) in [4.78, 5) is 4.75. The first kappa shape index (κ1) is 9.34. The molecule has 3 rings (SSSR count). The lowest BCUT2D eigenvalue weighted by atomic mass is 10.0. The third kappa shape index (κ3) is 1.45. The van der Waals surface area contributed by atoms with E-state index in [1.54, 1.807) is 0 Å². The van der Waals surface area contributed by atoms with Crippen molar-refractivity contribution in [2.24, 2.45) is 0 Å². The van der Waals surface area contributed by atoms with Crippen LogP contribution in [0.2, 0.25) is 0 Å². The van der Waals surface area contributed by atoms with Gasteiger partial charge in [0.2, 0.25) is 0 Å². The number of pyridine rings is 1. The molecule has 0 amide bonds. The third-order valence-corrected chi connectivity index (χ3v) is 2.99. The molecule has 0 aliphatic heterocycles. The van der Waals surface area contributed by atoms with E-state index < -0.39 is 0 Å². The Kier molecular flexibility index (Phi) is 2.10. The van der Waals surface area contributed by atoms with Gasteiger partial charge in [-0.05, 0) is 36.6 Å². The number of fused-ring (bicyclic) bond motifs is 1. The summed E-state index contributed by atoms with van der Waals surface area (Å²) >= 11 is 0. The molecule has 0 atom stereocenters. The molecule has 78 valence electrons. The maximum absolute atomic E-state index is 4.75. The smallest absolute Gasteiger partial charge is 0.0709 e. The second-order valence-corrected chi connectivity index (χ2v) is 4.17. The lowest BCUT2D eigenvalue weighted by molar-refractivity contribution is 1.24. The second kappa shape index (κ2) is 3.60. The highest BCUT2D eigenvalue weighted by Gasteiger charge is 2.09. The van der Waals surface area contributed by atoms with Crippen molar-refractivity contribution < 1.29 is 0 Å². The van der Waals surface area contributed by atoms with Gasteiger partial charge in [-0.15, -0.1) is 0 Å². The average molecular weight is 207 g/mol. The van der Waals surface area contributed by atoms with Crippen LogP contribution in [-0.4, -0.2) is 4.98 Å². The van der Waals surface area contributed by atoms with Gasteiger partial charge in [0.15, 0.2) is 0 Å². The van der Waals surface area contributed by atoms with Crippen molar-refractivity contribution in [1.82, 2.24) is 4.98 Å². The van der Waals surface area contributed by atoms with E-state index in [9.17, 15) is 0 Å². The minimum absolute atomic E-state index is 1.01. The minimum Gasteiger partial charge on any atom is -0.248 e. The number of allylic oxidation sites excluding steroid dienone is 4. The molecule has 0 bridgehead atoms. The summed E-state index contributed by atoms with van der Waals surface area (Å²) in [6, 6.07) is 10.5. The highest BCUT2D eigenvalue weighted by Crippen LogP contribution is 2.26. The van der Waals surface area contributed by atoms with Crippen molar-refractivity contribution in [3.05, 3.63) is 59.8 Å². The molecule has 1 heteroatoms. The van der Waals surface area contributed by atoms with Crippen LogP contribution in [0.5, 0.6) is 0 Å². The maximum atomic E-state index is 4.75. The second-order valence-electron chi connectivity index (χ2n) is 4.17. The van der Waals surface area contributed by atoms with Crippen molar-refractivity contribution in [3.63, 3.8) is 0 Å². The van der Waals surface area contributed by atoms with Gasteiger partial charge in [-0.2, -0.15) is 0 Å². The van der Waals surface area contributed by atoms with Gasteiger partial charge >= 0.3 is 0 Å². The van der Waals surface area contributed by atoms with Gasteiger partial charge in [0.05, 0.1) is 11.2 Å². The average Bonchev–Trinajstić information content (AvgIpc) is 2.81. The van der Waals surface area contributed by atoms with Crippen LogP contribution in [0, 0.1) is 6.92 Å². The number of rotatable bonds is 1. The Morgan fingerprint density at radius 1 is 1.19 bits per heavy atom. The summed E-state index contributed by atoms with van der Waals surface area (Å²) in [5.74, 6) is 0. The lowest BCUT2D eigenvalue weighted by Crippen LogP contribution is -1.93. The van der Waals surface area contributed by atoms with E-state index in [1.165, 1.54) is 16.5 Å². The van der Waals surface area contributed by atoms with Gasteiger partial charge < -0.3 is 0 Å². The number of benzene rings is 1. The van der Waals surface area contributed by atoms with E-state index in [-0.39, 0.29) is 0 Å². The van der Waals surface area contributed by atoms with Crippen molar-refractivity contribution >= 4 is 16.5 Å². The Balaban J connectivity index is 2.22. The molecule has 2 aromatic rings. The fourth-order valence-electron chi connectivity index (χ4n) is 2.17. The number of hydrogen-bond donors (Lipinski definition) is 0. The van der Waals surface area contributed by atoms with Crippen LogP contribution in [-0.2, 0) is 0 Å². The molecule has 1 aliphatic carbocycles. The first-order valence-electron chi connectivity index (χ1n) is 5.57. The Morgan fingerprint density at radius 2 is 2.06 bits per heavy atom. The summed E-state index contributed by atoms with van der Waals surface area (Å²) in [5.41, 5.74) is 4.80. The van der Waals surface area contributed by atoms with E-state index >= 15 is 0 Å². The van der Waals surface area contributed by atoms with Crippen LogP contribution in [0.4, 0.5) is 0 Å². The van der Waals surface area contributed by atoms with Crippen molar-refractivity contribution in [3.8, 4) is 0 Å². The van der Waals surface area contributed by atoms with Gasteiger partial charge in [-0.25, -0.2) is 4.98 Å². The maximum Gasteiger partial charge on any atom is 0.0709 e. The Labute approximate surface area is 95.1 Å². The predicted octanol–water partition coefficient (Wildman–Crippen LogP) is 3.89. The molecule has 0 unspecified atom stereocenters. The molecule has 0 saturated carbocycles. The van der Waals surface area contributed by atoms with Crippen molar-refractivity contribution in [2.75, 3.05) is 0 Å². The van der Waals surface area contributed by atoms with Crippen LogP contribution in [0.1, 0.15) is 17.7 Å². The fraction of sp³-hybridized carbons (Fsp3) is 0.133. The molecule has 1 aliphatic rings. The van der Waals surface area contributed by atoms with Gasteiger partial charge in [-0.3, -0.25) is 0 Å². The Bertz CT molecular complexity index is 606. The number of aromatic nitrogens is 1. The monoisotopic (exact) mass is 207 g/mol. The van der Waals surface area contributed by atoms with E-state index in [2.05, 4.69) is 49.4 Å². The van der Waals surface area contributed by atoms with Crippen LogP contribution in [0.15, 0.2) is 48.6 Å². The molecule has 0 N–H and O–H groups in total. The molecule has 0 saturated heterocycles. The van der Waals surface area contributed by atoms with E-state index in [0.717, 1.165) is 17.6 Å². The first-order chi connectivity index (χ1) is 7.84. The zero-order valence-electron chi connectivity index (χ0n) is 9.27. The normalized spacial score (nSPS) is 14.4. The summed E-state index contributed by atoms with van der Waals surface area (Å²) in [5, 5.41) is 1.22. The molecule has 1 aromatic heterocycles. The van der Waals surface area contributed by atoms with Gasteiger partial charge in [-0.1, -0.05) is 36.4 Å². The van der Waals surface area contributed by atoms with Crippen LogP contribution >= 0.6 is 0 Å². The minimum atomic E-state index is 1.01. The Hall–Kier alpha value is -1.89. The topological polar surface area (TPSA) is 12.9 Å². The van der Waals surface area contributed by atoms with Gasteiger partial charge in [0.25, 0.3) is 0 Å². The molecular formula is C15H13N. The van der Waals surface area contributed by atoms with Crippen molar-refractivity contribution in [2.45, 2.75) is 13.3 Å². The predicted molar refractivity (Wildman–Crippen MR) is 68.2 cm³/mol. The number of hydrogen-bond acceptors (Lipinski definition) is 1. The number of aryl methyl sites for hydroxylation is 1. The highest BCUT2D eigenvalue weighted by molar-refractivity contribution is 5.83. The van der Waals surface area contributed by atoms with Crippen LogP contribution in [0.25, 0.3) is 16.5 Å². The number of para-hydroxylation sites is 1. The fourth-order valence-corrected chi connectivity index (χ4v) is 2.17. The molecule has 0 fully saturated rings.